The summed E-state index contributed by atoms with van der Waals surface area (Å²) in [6, 6.07) is 9.72. The molecule has 4 rings (SSSR count). The van der Waals surface area contributed by atoms with Gasteiger partial charge >= 0.3 is 0 Å². The van der Waals surface area contributed by atoms with Crippen molar-refractivity contribution in [3.8, 4) is 11.3 Å². The first-order valence-electron chi connectivity index (χ1n) is 8.98. The van der Waals surface area contributed by atoms with Crippen LogP contribution in [0.3, 0.4) is 0 Å². The van der Waals surface area contributed by atoms with E-state index < -0.39 is 0 Å². The molecular weight excluding hydrogens is 312 g/mol. The quantitative estimate of drug-likeness (QED) is 0.773. The van der Waals surface area contributed by atoms with E-state index in [1.54, 1.807) is 6.20 Å². The molecule has 0 bridgehead atoms. The molecule has 2 heterocycles. The predicted octanol–water partition coefficient (Wildman–Crippen LogP) is 4.31. The summed E-state index contributed by atoms with van der Waals surface area (Å²) in [5.74, 6) is 1.33. The van der Waals surface area contributed by atoms with Crippen LogP contribution in [0.2, 0.25) is 0 Å². The van der Waals surface area contributed by atoms with Crippen molar-refractivity contribution >= 4 is 17.4 Å². The molecule has 1 amide bonds. The largest absolute Gasteiger partial charge is 0.326 e. The summed E-state index contributed by atoms with van der Waals surface area (Å²) in [4.78, 5) is 21.1. The fourth-order valence-electron chi connectivity index (χ4n) is 3.59. The molecule has 2 aromatic heterocycles. The minimum Gasteiger partial charge on any atom is -0.326 e. The smallest absolute Gasteiger partial charge is 0.234 e. The van der Waals surface area contributed by atoms with Crippen LogP contribution in [0.5, 0.6) is 0 Å². The Morgan fingerprint density at radius 1 is 1.20 bits per heavy atom. The highest BCUT2D eigenvalue weighted by molar-refractivity contribution is 5.91. The van der Waals surface area contributed by atoms with Gasteiger partial charge in [-0.15, -0.1) is 0 Å². The molecule has 1 aromatic carbocycles. The molecule has 0 spiro atoms. The van der Waals surface area contributed by atoms with E-state index in [2.05, 4.69) is 15.3 Å². The molecule has 1 fully saturated rings. The van der Waals surface area contributed by atoms with Crippen molar-refractivity contribution in [2.75, 3.05) is 5.32 Å². The van der Waals surface area contributed by atoms with Gasteiger partial charge in [0, 0.05) is 36.3 Å². The Kier molecular flexibility index (Phi) is 4.46. The minimum atomic E-state index is 0.112. The monoisotopic (exact) mass is 334 g/mol. The number of anilines is 1. The molecule has 1 saturated carbocycles. The van der Waals surface area contributed by atoms with Crippen LogP contribution in [0.1, 0.15) is 38.5 Å². The molecule has 1 aliphatic rings. The van der Waals surface area contributed by atoms with Gasteiger partial charge in [0.25, 0.3) is 0 Å². The Labute approximate surface area is 147 Å². The lowest BCUT2D eigenvalue weighted by atomic mass is 9.87. The van der Waals surface area contributed by atoms with Gasteiger partial charge in [-0.1, -0.05) is 31.4 Å². The standard InChI is InChI=1S/C20H22N4O/c25-19(12-15-6-2-1-3-7-15)22-17-9-4-8-16(13-17)18-14-24-11-5-10-21-20(24)23-18/h4-5,8-11,13-15H,1-3,6-7,12H2,(H,22,25). The second-order valence-electron chi connectivity index (χ2n) is 6.79. The number of benzene rings is 1. The van der Waals surface area contributed by atoms with E-state index in [0.717, 1.165) is 16.9 Å². The first kappa shape index (κ1) is 15.8. The Morgan fingerprint density at radius 3 is 2.92 bits per heavy atom. The van der Waals surface area contributed by atoms with Gasteiger partial charge in [-0.05, 0) is 37.0 Å². The van der Waals surface area contributed by atoms with Gasteiger partial charge < -0.3 is 5.32 Å². The van der Waals surface area contributed by atoms with E-state index >= 15 is 0 Å². The first-order valence-corrected chi connectivity index (χ1v) is 8.98. The third kappa shape index (κ3) is 3.71. The number of carbonyl (C=O) groups is 1. The molecule has 5 nitrogen and oxygen atoms in total. The molecule has 3 aromatic rings. The summed E-state index contributed by atoms with van der Waals surface area (Å²) in [7, 11) is 0. The maximum Gasteiger partial charge on any atom is 0.234 e. The summed E-state index contributed by atoms with van der Waals surface area (Å²) in [5.41, 5.74) is 2.64. The third-order valence-corrected chi connectivity index (χ3v) is 4.88. The number of nitrogens with zero attached hydrogens (tertiary/aromatic N) is 3. The molecular formula is C20H22N4O. The van der Waals surface area contributed by atoms with Crippen molar-refractivity contribution in [1.29, 1.82) is 0 Å². The van der Waals surface area contributed by atoms with Crippen molar-refractivity contribution in [1.82, 2.24) is 14.4 Å². The van der Waals surface area contributed by atoms with Gasteiger partial charge in [0.1, 0.15) is 0 Å². The van der Waals surface area contributed by atoms with E-state index in [1.165, 1.54) is 32.1 Å². The highest BCUT2D eigenvalue weighted by Gasteiger charge is 2.17. The topological polar surface area (TPSA) is 59.3 Å². The van der Waals surface area contributed by atoms with Crippen LogP contribution in [-0.2, 0) is 4.79 Å². The second-order valence-corrected chi connectivity index (χ2v) is 6.79. The average molecular weight is 334 g/mol. The fraction of sp³-hybridized carbons (Fsp3) is 0.350. The molecule has 25 heavy (non-hydrogen) atoms. The zero-order valence-corrected chi connectivity index (χ0v) is 14.2. The normalized spacial score (nSPS) is 15.4. The minimum absolute atomic E-state index is 0.112. The van der Waals surface area contributed by atoms with Crippen LogP contribution in [0.15, 0.2) is 48.9 Å². The van der Waals surface area contributed by atoms with E-state index in [1.807, 2.05) is 47.1 Å². The Bertz CT molecular complexity index is 847. The summed E-state index contributed by atoms with van der Waals surface area (Å²) in [6.07, 6.45) is 12.4. The van der Waals surface area contributed by atoms with Crippen molar-refractivity contribution < 1.29 is 4.79 Å². The van der Waals surface area contributed by atoms with Gasteiger partial charge in [-0.2, -0.15) is 0 Å². The predicted molar refractivity (Wildman–Crippen MR) is 98.2 cm³/mol. The highest BCUT2D eigenvalue weighted by Crippen LogP contribution is 2.27. The van der Waals surface area contributed by atoms with Crippen LogP contribution >= 0.6 is 0 Å². The van der Waals surface area contributed by atoms with Crippen molar-refractivity contribution in [3.63, 3.8) is 0 Å². The SMILES string of the molecule is O=C(CC1CCCCC1)Nc1cccc(-c2cn3cccnc3n2)c1. The van der Waals surface area contributed by atoms with Crippen molar-refractivity contribution in [3.05, 3.63) is 48.9 Å². The van der Waals surface area contributed by atoms with Crippen molar-refractivity contribution in [2.45, 2.75) is 38.5 Å². The third-order valence-electron chi connectivity index (χ3n) is 4.88. The Hall–Kier alpha value is -2.69. The number of rotatable bonds is 4. The van der Waals surface area contributed by atoms with Crippen LogP contribution in [0, 0.1) is 5.92 Å². The molecule has 1 aliphatic carbocycles. The lowest BCUT2D eigenvalue weighted by Gasteiger charge is -2.20. The van der Waals surface area contributed by atoms with Crippen LogP contribution in [0.4, 0.5) is 5.69 Å². The number of aromatic nitrogens is 3. The van der Waals surface area contributed by atoms with Gasteiger partial charge in [-0.25, -0.2) is 9.97 Å². The summed E-state index contributed by atoms with van der Waals surface area (Å²) in [6.45, 7) is 0. The van der Waals surface area contributed by atoms with E-state index in [-0.39, 0.29) is 5.91 Å². The Morgan fingerprint density at radius 2 is 2.08 bits per heavy atom. The van der Waals surface area contributed by atoms with E-state index in [9.17, 15) is 4.79 Å². The molecule has 0 aliphatic heterocycles. The zero-order chi connectivity index (χ0) is 17.1. The van der Waals surface area contributed by atoms with Crippen LogP contribution in [0.25, 0.3) is 17.0 Å². The zero-order valence-electron chi connectivity index (χ0n) is 14.2. The maximum atomic E-state index is 12.3. The molecule has 0 saturated heterocycles. The lowest BCUT2D eigenvalue weighted by Crippen LogP contribution is -2.18. The van der Waals surface area contributed by atoms with Gasteiger partial charge in [-0.3, -0.25) is 9.20 Å². The second kappa shape index (κ2) is 7.05. The number of carbonyl (C=O) groups excluding carboxylic acids is 1. The van der Waals surface area contributed by atoms with Gasteiger partial charge in [0.05, 0.1) is 5.69 Å². The van der Waals surface area contributed by atoms with Crippen molar-refractivity contribution in [2.24, 2.45) is 5.92 Å². The number of nitrogens with one attached hydrogen (secondary N) is 1. The van der Waals surface area contributed by atoms with E-state index in [0.29, 0.717) is 18.1 Å². The van der Waals surface area contributed by atoms with Gasteiger partial charge in [0.2, 0.25) is 11.7 Å². The fourth-order valence-corrected chi connectivity index (χ4v) is 3.59. The Balaban J connectivity index is 1.48. The average Bonchev–Trinajstić information content (AvgIpc) is 3.07. The van der Waals surface area contributed by atoms with E-state index in [4.69, 9.17) is 0 Å². The molecule has 5 heteroatoms. The number of hydrogen-bond donors (Lipinski definition) is 1. The first-order chi connectivity index (χ1) is 12.3. The lowest BCUT2D eigenvalue weighted by molar-refractivity contribution is -0.117. The number of fused-ring (bicyclic) bond motifs is 1. The summed E-state index contributed by atoms with van der Waals surface area (Å²) >= 11 is 0. The number of hydrogen-bond acceptors (Lipinski definition) is 3. The molecule has 0 radical (unpaired) electrons. The molecule has 1 N–H and O–H groups in total. The molecule has 128 valence electrons. The summed E-state index contributed by atoms with van der Waals surface area (Å²) in [5, 5.41) is 3.04. The maximum absolute atomic E-state index is 12.3. The van der Waals surface area contributed by atoms with Gasteiger partial charge in [0.15, 0.2) is 0 Å². The molecule has 0 atom stereocenters. The van der Waals surface area contributed by atoms with Crippen LogP contribution in [-0.4, -0.2) is 20.3 Å². The number of amides is 1. The van der Waals surface area contributed by atoms with Crippen LogP contribution < -0.4 is 5.32 Å². The number of imidazole rings is 1. The molecule has 0 unspecified atom stereocenters. The highest BCUT2D eigenvalue weighted by atomic mass is 16.1. The summed E-state index contributed by atoms with van der Waals surface area (Å²) < 4.78 is 1.89.